The lowest BCUT2D eigenvalue weighted by Crippen LogP contribution is -2.27. The molecule has 0 radical (unpaired) electrons. The van der Waals surface area contributed by atoms with E-state index in [1.165, 1.54) is 0 Å². The minimum absolute atomic E-state index is 0.0239. The molecular formula is C17H32O5. The number of hydrogen-bond donors (Lipinski definition) is 0. The molecule has 0 amide bonds. The number of carbonyl (C=O) groups excluding carboxylic acids is 2. The molecule has 0 fully saturated rings. The van der Waals surface area contributed by atoms with Crippen LogP contribution < -0.4 is 0 Å². The van der Waals surface area contributed by atoms with Gasteiger partial charge in [0.25, 0.3) is 0 Å². The average molecular weight is 316 g/mol. The summed E-state index contributed by atoms with van der Waals surface area (Å²) in [5, 5.41) is 0. The highest BCUT2D eigenvalue weighted by molar-refractivity contribution is 5.75. The summed E-state index contributed by atoms with van der Waals surface area (Å²) in [5.74, 6) is 0.105. The third-order valence-corrected chi connectivity index (χ3v) is 3.95. The van der Waals surface area contributed by atoms with Gasteiger partial charge in [0.2, 0.25) is 0 Å². The van der Waals surface area contributed by atoms with E-state index in [9.17, 15) is 9.59 Å². The topological polar surface area (TPSA) is 61.8 Å². The first-order valence-corrected chi connectivity index (χ1v) is 8.34. The lowest BCUT2D eigenvalue weighted by atomic mass is 9.91. The lowest BCUT2D eigenvalue weighted by molar-refractivity contribution is -0.155. The van der Waals surface area contributed by atoms with Crippen LogP contribution in [0.4, 0.5) is 4.79 Å². The summed E-state index contributed by atoms with van der Waals surface area (Å²) in [7, 11) is 0. The molecule has 0 heterocycles. The molecule has 0 saturated heterocycles. The van der Waals surface area contributed by atoms with Crippen LogP contribution in [0.15, 0.2) is 0 Å². The van der Waals surface area contributed by atoms with Crippen LogP contribution in [0.1, 0.15) is 66.7 Å². The van der Waals surface area contributed by atoms with E-state index in [-0.39, 0.29) is 19.2 Å². The molecule has 0 aliphatic heterocycles. The third kappa shape index (κ3) is 8.90. The predicted octanol–water partition coefficient (Wildman–Crippen LogP) is 4.34. The number of esters is 1. The molecular weight excluding hydrogens is 284 g/mol. The molecule has 0 spiro atoms. The first-order chi connectivity index (χ1) is 10.4. The molecule has 0 rings (SSSR count). The summed E-state index contributed by atoms with van der Waals surface area (Å²) in [6.45, 7) is 10.3. The van der Waals surface area contributed by atoms with Crippen molar-refractivity contribution >= 4 is 12.1 Å². The van der Waals surface area contributed by atoms with Crippen molar-refractivity contribution in [3.05, 3.63) is 0 Å². The zero-order valence-electron chi connectivity index (χ0n) is 14.8. The van der Waals surface area contributed by atoms with Crippen LogP contribution >= 0.6 is 0 Å². The van der Waals surface area contributed by atoms with Gasteiger partial charge in [-0.1, -0.05) is 40.0 Å². The van der Waals surface area contributed by atoms with E-state index in [0.29, 0.717) is 18.9 Å². The smallest absolute Gasteiger partial charge is 0.462 e. The van der Waals surface area contributed by atoms with Crippen LogP contribution in [-0.4, -0.2) is 31.9 Å². The van der Waals surface area contributed by atoms with Crippen molar-refractivity contribution in [3.8, 4) is 0 Å². The maximum absolute atomic E-state index is 11.7. The molecule has 5 nitrogen and oxygen atoms in total. The summed E-state index contributed by atoms with van der Waals surface area (Å²) < 4.78 is 15.1. The van der Waals surface area contributed by atoms with Gasteiger partial charge >= 0.3 is 12.1 Å². The normalized spacial score (nSPS) is 12.6. The second-order valence-corrected chi connectivity index (χ2v) is 6.20. The average Bonchev–Trinajstić information content (AvgIpc) is 2.51. The minimum Gasteiger partial charge on any atom is -0.462 e. The summed E-state index contributed by atoms with van der Waals surface area (Å²) in [5.41, 5.74) is -0.506. The molecule has 0 aromatic carbocycles. The summed E-state index contributed by atoms with van der Waals surface area (Å²) in [6, 6.07) is 0. The SMILES string of the molecule is CCCCC(CC)COC(=O)OCCOC(=O)C(C)(C)CC. The highest BCUT2D eigenvalue weighted by Gasteiger charge is 2.26. The predicted molar refractivity (Wildman–Crippen MR) is 85.6 cm³/mol. The molecule has 0 aliphatic rings. The zero-order valence-corrected chi connectivity index (χ0v) is 14.8. The molecule has 0 aromatic heterocycles. The van der Waals surface area contributed by atoms with Crippen LogP contribution in [0.3, 0.4) is 0 Å². The fourth-order valence-corrected chi connectivity index (χ4v) is 1.72. The Morgan fingerprint density at radius 2 is 1.64 bits per heavy atom. The van der Waals surface area contributed by atoms with Crippen LogP contribution in [0.5, 0.6) is 0 Å². The highest BCUT2D eigenvalue weighted by atomic mass is 16.7. The van der Waals surface area contributed by atoms with E-state index < -0.39 is 11.6 Å². The van der Waals surface area contributed by atoms with Crippen molar-refractivity contribution in [1.29, 1.82) is 0 Å². The Kier molecular flexibility index (Phi) is 10.7. The molecule has 0 saturated carbocycles. The van der Waals surface area contributed by atoms with Crippen molar-refractivity contribution in [1.82, 2.24) is 0 Å². The van der Waals surface area contributed by atoms with Gasteiger partial charge in [-0.3, -0.25) is 4.79 Å². The van der Waals surface area contributed by atoms with Crippen molar-refractivity contribution in [2.75, 3.05) is 19.8 Å². The fourth-order valence-electron chi connectivity index (χ4n) is 1.72. The number of unbranched alkanes of at least 4 members (excludes halogenated alkanes) is 1. The summed E-state index contributed by atoms with van der Waals surface area (Å²) in [4.78, 5) is 23.2. The number of rotatable bonds is 11. The van der Waals surface area contributed by atoms with Crippen LogP contribution in [0.25, 0.3) is 0 Å². The van der Waals surface area contributed by atoms with E-state index >= 15 is 0 Å². The van der Waals surface area contributed by atoms with Crippen molar-refractivity contribution < 1.29 is 23.8 Å². The van der Waals surface area contributed by atoms with Crippen molar-refractivity contribution in [3.63, 3.8) is 0 Å². The molecule has 130 valence electrons. The van der Waals surface area contributed by atoms with Gasteiger partial charge in [-0.05, 0) is 32.6 Å². The Bertz CT molecular complexity index is 325. The molecule has 0 aromatic rings. The largest absolute Gasteiger partial charge is 0.508 e. The first kappa shape index (κ1) is 20.7. The van der Waals surface area contributed by atoms with Crippen LogP contribution in [0, 0.1) is 11.3 Å². The Hall–Kier alpha value is -1.26. The van der Waals surface area contributed by atoms with Gasteiger partial charge in [-0.2, -0.15) is 0 Å². The molecule has 0 aliphatic carbocycles. The molecule has 1 atom stereocenters. The second kappa shape index (κ2) is 11.3. The summed E-state index contributed by atoms with van der Waals surface area (Å²) >= 11 is 0. The van der Waals surface area contributed by atoms with Gasteiger partial charge in [0, 0.05) is 0 Å². The molecule has 1 unspecified atom stereocenters. The van der Waals surface area contributed by atoms with Gasteiger partial charge in [-0.15, -0.1) is 0 Å². The van der Waals surface area contributed by atoms with Crippen molar-refractivity contribution in [2.24, 2.45) is 11.3 Å². The van der Waals surface area contributed by atoms with Gasteiger partial charge in [-0.25, -0.2) is 4.79 Å². The van der Waals surface area contributed by atoms with E-state index in [0.717, 1.165) is 25.7 Å². The molecule has 0 N–H and O–H groups in total. The lowest BCUT2D eigenvalue weighted by Gasteiger charge is -2.20. The van der Waals surface area contributed by atoms with E-state index in [1.807, 2.05) is 20.8 Å². The van der Waals surface area contributed by atoms with Crippen molar-refractivity contribution in [2.45, 2.75) is 66.7 Å². The van der Waals surface area contributed by atoms with Crippen LogP contribution in [0.2, 0.25) is 0 Å². The Morgan fingerprint density at radius 1 is 1.00 bits per heavy atom. The molecule has 22 heavy (non-hydrogen) atoms. The van der Waals surface area contributed by atoms with E-state index in [4.69, 9.17) is 14.2 Å². The zero-order chi connectivity index (χ0) is 17.0. The monoisotopic (exact) mass is 316 g/mol. The summed E-state index contributed by atoms with van der Waals surface area (Å²) in [6.07, 6.45) is 4.33. The van der Waals surface area contributed by atoms with Gasteiger partial charge in [0.1, 0.15) is 13.2 Å². The maximum Gasteiger partial charge on any atom is 0.508 e. The maximum atomic E-state index is 11.7. The highest BCUT2D eigenvalue weighted by Crippen LogP contribution is 2.21. The van der Waals surface area contributed by atoms with E-state index in [1.54, 1.807) is 0 Å². The van der Waals surface area contributed by atoms with Gasteiger partial charge < -0.3 is 14.2 Å². The second-order valence-electron chi connectivity index (χ2n) is 6.20. The molecule has 0 bridgehead atoms. The van der Waals surface area contributed by atoms with Gasteiger partial charge in [0.05, 0.1) is 12.0 Å². The Morgan fingerprint density at radius 3 is 2.18 bits per heavy atom. The van der Waals surface area contributed by atoms with Crippen LogP contribution in [-0.2, 0) is 19.0 Å². The Balaban J connectivity index is 3.80. The molecule has 5 heteroatoms. The quantitative estimate of drug-likeness (QED) is 0.419. The minimum atomic E-state index is -0.694. The van der Waals surface area contributed by atoms with Gasteiger partial charge in [0.15, 0.2) is 0 Å². The standard InChI is InChI=1S/C17H32O5/c1-6-9-10-14(7-2)13-22-16(19)21-12-11-20-15(18)17(4,5)8-3/h14H,6-13H2,1-5H3. The van der Waals surface area contributed by atoms with E-state index in [2.05, 4.69) is 13.8 Å². The number of carbonyl (C=O) groups is 2. The fraction of sp³-hybridized carbons (Fsp3) is 0.882. The Labute approximate surface area is 134 Å². The first-order valence-electron chi connectivity index (χ1n) is 8.34. The number of hydrogen-bond acceptors (Lipinski definition) is 5. The number of ether oxygens (including phenoxy) is 3. The third-order valence-electron chi connectivity index (χ3n) is 3.95.